The normalized spacial score (nSPS) is 28.4. The smallest absolute Gasteiger partial charge is 0.194 e. The molecule has 0 aliphatic carbocycles. The lowest BCUT2D eigenvalue weighted by molar-refractivity contribution is -0.0289. The molecule has 8 nitrogen and oxygen atoms in total. The lowest BCUT2D eigenvalue weighted by Gasteiger charge is -2.16. The molecule has 1 fully saturated rings. The van der Waals surface area contributed by atoms with Crippen molar-refractivity contribution in [1.29, 1.82) is 0 Å². The molecule has 3 heterocycles. The highest BCUT2D eigenvalue weighted by Crippen LogP contribution is 2.33. The molecule has 0 amide bonds. The van der Waals surface area contributed by atoms with Crippen LogP contribution >= 0.6 is 34.4 Å². The van der Waals surface area contributed by atoms with Crippen molar-refractivity contribution in [3.63, 3.8) is 0 Å². The van der Waals surface area contributed by atoms with Gasteiger partial charge in [0.05, 0.1) is 12.4 Å². The number of rotatable bonds is 4. The lowest BCUT2D eigenvalue weighted by Crippen LogP contribution is -2.32. The standard InChI is InChI=1S/C12H16IN5O3S/c1-14-9-6-10(17-12(13)16-9)18(4-15-6)11-8(20)7(19)5(21-11)3-22-2/h4-5,7-8,11,19-20H,3H2,1-2H3,(H,14,16,17)/t5-,7-,8-,11-/m1/s1. The van der Waals surface area contributed by atoms with E-state index in [0.717, 1.165) is 0 Å². The van der Waals surface area contributed by atoms with Crippen LogP contribution in [0.25, 0.3) is 11.2 Å². The molecule has 0 unspecified atom stereocenters. The van der Waals surface area contributed by atoms with Gasteiger partial charge < -0.3 is 20.3 Å². The van der Waals surface area contributed by atoms with E-state index in [1.54, 1.807) is 29.7 Å². The lowest BCUT2D eigenvalue weighted by atomic mass is 10.1. The highest BCUT2D eigenvalue weighted by atomic mass is 127. The van der Waals surface area contributed by atoms with Gasteiger partial charge in [-0.3, -0.25) is 4.57 Å². The molecule has 3 rings (SSSR count). The number of hydrogen-bond donors (Lipinski definition) is 3. The van der Waals surface area contributed by atoms with Crippen LogP contribution in [0.15, 0.2) is 6.33 Å². The van der Waals surface area contributed by atoms with Crippen LogP contribution < -0.4 is 5.32 Å². The Kier molecular flexibility index (Phi) is 4.73. The first-order valence-electron chi connectivity index (χ1n) is 6.65. The number of aromatic nitrogens is 4. The first-order chi connectivity index (χ1) is 10.6. The fourth-order valence-electron chi connectivity index (χ4n) is 2.51. The van der Waals surface area contributed by atoms with Gasteiger partial charge in [-0.05, 0) is 6.26 Å². The summed E-state index contributed by atoms with van der Waals surface area (Å²) in [5.74, 6) is 1.22. The first kappa shape index (κ1) is 16.2. The summed E-state index contributed by atoms with van der Waals surface area (Å²) in [6.07, 6.45) is 0.389. The molecule has 1 aliphatic heterocycles. The van der Waals surface area contributed by atoms with E-state index in [0.29, 0.717) is 26.6 Å². The Hall–Kier alpha value is -0.690. The average Bonchev–Trinajstić information content (AvgIpc) is 3.03. The van der Waals surface area contributed by atoms with Gasteiger partial charge in [-0.2, -0.15) is 11.8 Å². The molecule has 1 saturated heterocycles. The van der Waals surface area contributed by atoms with Crippen molar-refractivity contribution in [3.05, 3.63) is 10.2 Å². The molecule has 3 N–H and O–H groups in total. The van der Waals surface area contributed by atoms with Crippen LogP contribution in [0.1, 0.15) is 6.23 Å². The number of fused-ring (bicyclic) bond motifs is 1. The monoisotopic (exact) mass is 437 g/mol. The highest BCUT2D eigenvalue weighted by molar-refractivity contribution is 14.1. The van der Waals surface area contributed by atoms with E-state index in [1.165, 1.54) is 0 Å². The molecule has 2 aromatic rings. The molecule has 0 bridgehead atoms. The van der Waals surface area contributed by atoms with Crippen LogP contribution in [0.5, 0.6) is 0 Å². The van der Waals surface area contributed by atoms with Gasteiger partial charge in [0.25, 0.3) is 0 Å². The van der Waals surface area contributed by atoms with E-state index in [2.05, 4.69) is 20.3 Å². The number of anilines is 1. The number of aliphatic hydroxyl groups excluding tert-OH is 2. The predicted molar refractivity (Wildman–Crippen MR) is 91.9 cm³/mol. The largest absolute Gasteiger partial charge is 0.387 e. The Bertz CT molecular complexity index is 684. The summed E-state index contributed by atoms with van der Waals surface area (Å²) in [7, 11) is 1.76. The predicted octanol–water partition coefficient (Wildman–Crippen LogP) is 0.455. The summed E-state index contributed by atoms with van der Waals surface area (Å²) in [5, 5.41) is 23.4. The van der Waals surface area contributed by atoms with Crippen molar-refractivity contribution < 1.29 is 14.9 Å². The summed E-state index contributed by atoms with van der Waals surface area (Å²) in [4.78, 5) is 12.9. The van der Waals surface area contributed by atoms with Crippen molar-refractivity contribution in [2.45, 2.75) is 24.5 Å². The molecule has 0 saturated carbocycles. The molecule has 1 aliphatic rings. The topological polar surface area (TPSA) is 105 Å². The van der Waals surface area contributed by atoms with Crippen LogP contribution in [0.2, 0.25) is 0 Å². The van der Waals surface area contributed by atoms with Crippen molar-refractivity contribution in [3.8, 4) is 0 Å². The molecule has 22 heavy (non-hydrogen) atoms. The van der Waals surface area contributed by atoms with Crippen molar-refractivity contribution >= 4 is 51.3 Å². The van der Waals surface area contributed by atoms with Crippen LogP contribution in [-0.4, -0.2) is 67.1 Å². The maximum absolute atomic E-state index is 10.3. The summed E-state index contributed by atoms with van der Waals surface area (Å²) >= 11 is 3.58. The number of imidazole rings is 1. The third kappa shape index (κ3) is 2.66. The number of ether oxygens (including phenoxy) is 1. The number of thioether (sulfide) groups is 1. The summed E-state index contributed by atoms with van der Waals surface area (Å²) in [6.45, 7) is 0. The zero-order valence-electron chi connectivity index (χ0n) is 12.0. The van der Waals surface area contributed by atoms with Crippen LogP contribution in [0.4, 0.5) is 5.82 Å². The Labute approximate surface area is 144 Å². The molecule has 0 spiro atoms. The minimum atomic E-state index is -1.03. The van der Waals surface area contributed by atoms with Gasteiger partial charge in [0, 0.05) is 35.4 Å². The van der Waals surface area contributed by atoms with Crippen LogP contribution in [0, 0.1) is 3.83 Å². The Balaban J connectivity index is 2.02. The summed E-state index contributed by atoms with van der Waals surface area (Å²) in [6, 6.07) is 0. The van der Waals surface area contributed by atoms with E-state index < -0.39 is 24.5 Å². The van der Waals surface area contributed by atoms with Gasteiger partial charge in [-0.1, -0.05) is 0 Å². The zero-order chi connectivity index (χ0) is 15.9. The first-order valence-corrected chi connectivity index (χ1v) is 9.12. The van der Waals surface area contributed by atoms with Gasteiger partial charge in [0.2, 0.25) is 0 Å². The molecule has 0 aromatic carbocycles. The molecule has 120 valence electrons. The van der Waals surface area contributed by atoms with Crippen molar-refractivity contribution in [1.82, 2.24) is 19.5 Å². The number of aliphatic hydroxyl groups is 2. The third-order valence-electron chi connectivity index (χ3n) is 3.57. The number of hydrogen-bond acceptors (Lipinski definition) is 8. The minimum Gasteiger partial charge on any atom is -0.387 e. The summed E-state index contributed by atoms with van der Waals surface area (Å²) in [5.41, 5.74) is 1.16. The Morgan fingerprint density at radius 3 is 2.86 bits per heavy atom. The highest BCUT2D eigenvalue weighted by Gasteiger charge is 2.44. The fourth-order valence-corrected chi connectivity index (χ4v) is 3.59. The number of nitrogens with one attached hydrogen (secondary N) is 1. The maximum atomic E-state index is 10.3. The van der Waals surface area contributed by atoms with Crippen LogP contribution in [-0.2, 0) is 4.74 Å². The Morgan fingerprint density at radius 1 is 1.41 bits per heavy atom. The summed E-state index contributed by atoms with van der Waals surface area (Å²) < 4.78 is 8.02. The van der Waals surface area contributed by atoms with Crippen molar-refractivity contribution in [2.75, 3.05) is 24.4 Å². The molecule has 2 aromatic heterocycles. The fraction of sp³-hybridized carbons (Fsp3) is 0.583. The second kappa shape index (κ2) is 6.43. The minimum absolute atomic E-state index is 0.419. The van der Waals surface area contributed by atoms with E-state index in [1.807, 2.05) is 28.8 Å². The average molecular weight is 437 g/mol. The van der Waals surface area contributed by atoms with Gasteiger partial charge in [-0.25, -0.2) is 15.0 Å². The Morgan fingerprint density at radius 2 is 2.18 bits per heavy atom. The van der Waals surface area contributed by atoms with Gasteiger partial charge in [0.15, 0.2) is 27.0 Å². The zero-order valence-corrected chi connectivity index (χ0v) is 14.9. The van der Waals surface area contributed by atoms with E-state index in [4.69, 9.17) is 4.74 Å². The van der Waals surface area contributed by atoms with Crippen LogP contribution in [0.3, 0.4) is 0 Å². The molecular formula is C12H16IN5O3S. The molecular weight excluding hydrogens is 421 g/mol. The molecule has 4 atom stereocenters. The van der Waals surface area contributed by atoms with E-state index in [9.17, 15) is 10.2 Å². The number of halogens is 1. The van der Waals surface area contributed by atoms with Gasteiger partial charge in [-0.15, -0.1) is 0 Å². The van der Waals surface area contributed by atoms with Gasteiger partial charge >= 0.3 is 0 Å². The SMILES string of the molecule is CNc1nc(I)nc2c1ncn2[C@@H]1O[C@H](CSC)[C@@H](O)[C@H]1O. The maximum Gasteiger partial charge on any atom is 0.194 e. The van der Waals surface area contributed by atoms with E-state index in [-0.39, 0.29) is 0 Å². The van der Waals surface area contributed by atoms with Crippen molar-refractivity contribution in [2.24, 2.45) is 0 Å². The third-order valence-corrected chi connectivity index (χ3v) is 4.72. The second-order valence-corrected chi connectivity index (χ2v) is 6.79. The van der Waals surface area contributed by atoms with Gasteiger partial charge in [0.1, 0.15) is 12.2 Å². The second-order valence-electron chi connectivity index (χ2n) is 4.92. The molecule has 0 radical (unpaired) electrons. The van der Waals surface area contributed by atoms with E-state index >= 15 is 0 Å². The number of nitrogens with zero attached hydrogens (tertiary/aromatic N) is 4. The quantitative estimate of drug-likeness (QED) is 0.468. The molecule has 10 heteroatoms.